The molecule has 0 aromatic carbocycles. The third-order valence-corrected chi connectivity index (χ3v) is 3.32. The predicted octanol–water partition coefficient (Wildman–Crippen LogP) is 2.49. The molecule has 1 aromatic rings. The van der Waals surface area contributed by atoms with E-state index in [1.165, 1.54) is 12.8 Å². The molecule has 1 aromatic heterocycles. The molecular formula is C10H15BrN4. The number of nitrogens with zero attached hydrogens (tertiary/aromatic N) is 2. The minimum atomic E-state index is 0.589. The van der Waals surface area contributed by atoms with E-state index in [0.29, 0.717) is 12.0 Å². The number of halogens is 1. The normalized spacial score (nSPS) is 23.7. The maximum Gasteiger partial charge on any atom is 0.224 e. The van der Waals surface area contributed by atoms with Crippen molar-refractivity contribution in [2.75, 3.05) is 17.7 Å². The van der Waals surface area contributed by atoms with Crippen molar-refractivity contribution < 1.29 is 0 Å². The van der Waals surface area contributed by atoms with E-state index < -0.39 is 0 Å². The first kappa shape index (κ1) is 10.7. The third kappa shape index (κ3) is 2.40. The van der Waals surface area contributed by atoms with Gasteiger partial charge in [0.05, 0.1) is 4.47 Å². The Morgan fingerprint density at radius 3 is 3.00 bits per heavy atom. The van der Waals surface area contributed by atoms with Crippen LogP contribution in [0.5, 0.6) is 0 Å². The van der Waals surface area contributed by atoms with Crippen molar-refractivity contribution >= 4 is 27.7 Å². The van der Waals surface area contributed by atoms with Crippen LogP contribution in [0, 0.1) is 5.92 Å². The van der Waals surface area contributed by atoms with Crippen molar-refractivity contribution in [3.8, 4) is 0 Å². The molecule has 4 nitrogen and oxygen atoms in total. The molecule has 0 radical (unpaired) electrons. The van der Waals surface area contributed by atoms with Gasteiger partial charge in [0, 0.05) is 19.3 Å². The molecule has 2 rings (SSSR count). The van der Waals surface area contributed by atoms with Gasteiger partial charge < -0.3 is 10.6 Å². The van der Waals surface area contributed by atoms with E-state index in [1.807, 2.05) is 7.05 Å². The van der Waals surface area contributed by atoms with E-state index >= 15 is 0 Å². The lowest BCUT2D eigenvalue weighted by Crippen LogP contribution is -2.08. The lowest BCUT2D eigenvalue weighted by Gasteiger charge is -2.08. The minimum Gasteiger partial charge on any atom is -0.366 e. The van der Waals surface area contributed by atoms with E-state index in [4.69, 9.17) is 0 Å². The summed E-state index contributed by atoms with van der Waals surface area (Å²) < 4.78 is 0.920. The van der Waals surface area contributed by atoms with Crippen LogP contribution in [0.2, 0.25) is 0 Å². The molecule has 0 spiro atoms. The van der Waals surface area contributed by atoms with Gasteiger partial charge in [-0.15, -0.1) is 0 Å². The SMILES string of the molecule is CCC1CC1Nc1nc(NC)ncc1Br. The molecule has 1 aliphatic rings. The Kier molecular flexibility index (Phi) is 3.09. The van der Waals surface area contributed by atoms with Gasteiger partial charge in [-0.1, -0.05) is 13.3 Å². The van der Waals surface area contributed by atoms with Gasteiger partial charge in [-0.2, -0.15) is 4.98 Å². The molecule has 0 amide bonds. The highest BCUT2D eigenvalue weighted by Gasteiger charge is 2.35. The van der Waals surface area contributed by atoms with Crippen LogP contribution in [0.3, 0.4) is 0 Å². The van der Waals surface area contributed by atoms with Crippen molar-refractivity contribution in [1.29, 1.82) is 0 Å². The Hall–Kier alpha value is -0.840. The fourth-order valence-corrected chi connectivity index (χ4v) is 1.95. The Morgan fingerprint density at radius 2 is 2.40 bits per heavy atom. The summed E-state index contributed by atoms with van der Waals surface area (Å²) >= 11 is 3.44. The number of hydrogen-bond donors (Lipinski definition) is 2. The lowest BCUT2D eigenvalue weighted by molar-refractivity contribution is 0.773. The third-order valence-electron chi connectivity index (χ3n) is 2.74. The molecule has 82 valence electrons. The van der Waals surface area contributed by atoms with Crippen molar-refractivity contribution in [2.24, 2.45) is 5.92 Å². The largest absolute Gasteiger partial charge is 0.366 e. The standard InChI is InChI=1S/C10H15BrN4/c1-3-6-4-8(6)14-9-7(11)5-13-10(12-2)15-9/h5-6,8H,3-4H2,1-2H3,(H2,12,13,14,15). The average molecular weight is 271 g/mol. The lowest BCUT2D eigenvalue weighted by atomic mass is 10.3. The number of aromatic nitrogens is 2. The molecule has 2 unspecified atom stereocenters. The summed E-state index contributed by atoms with van der Waals surface area (Å²) in [4.78, 5) is 8.47. The Bertz CT molecular complexity index is 355. The van der Waals surface area contributed by atoms with Gasteiger partial charge in [0.25, 0.3) is 0 Å². The topological polar surface area (TPSA) is 49.8 Å². The van der Waals surface area contributed by atoms with E-state index in [2.05, 4.69) is 43.5 Å². The number of rotatable bonds is 4. The number of anilines is 2. The summed E-state index contributed by atoms with van der Waals surface area (Å²) in [7, 11) is 1.82. The zero-order chi connectivity index (χ0) is 10.8. The van der Waals surface area contributed by atoms with Crippen LogP contribution < -0.4 is 10.6 Å². The molecule has 5 heteroatoms. The molecular weight excluding hydrogens is 256 g/mol. The summed E-state index contributed by atoms with van der Waals surface area (Å²) in [5, 5.41) is 6.35. The molecule has 1 aliphatic carbocycles. The molecule has 2 atom stereocenters. The van der Waals surface area contributed by atoms with Gasteiger partial charge >= 0.3 is 0 Å². The van der Waals surface area contributed by atoms with Crippen molar-refractivity contribution in [1.82, 2.24) is 9.97 Å². The zero-order valence-corrected chi connectivity index (χ0v) is 10.5. The smallest absolute Gasteiger partial charge is 0.224 e. The van der Waals surface area contributed by atoms with Crippen molar-refractivity contribution in [3.63, 3.8) is 0 Å². The van der Waals surface area contributed by atoms with E-state index in [0.717, 1.165) is 16.2 Å². The van der Waals surface area contributed by atoms with E-state index in [-0.39, 0.29) is 0 Å². The van der Waals surface area contributed by atoms with Gasteiger partial charge in [-0.05, 0) is 28.3 Å². The molecule has 0 saturated heterocycles. The van der Waals surface area contributed by atoms with Crippen molar-refractivity contribution in [2.45, 2.75) is 25.8 Å². The second-order valence-corrected chi connectivity index (χ2v) is 4.65. The summed E-state index contributed by atoms with van der Waals surface area (Å²) in [6, 6.07) is 0.589. The van der Waals surface area contributed by atoms with Crippen LogP contribution in [0.1, 0.15) is 19.8 Å². The Morgan fingerprint density at radius 1 is 1.60 bits per heavy atom. The minimum absolute atomic E-state index is 0.589. The molecule has 15 heavy (non-hydrogen) atoms. The molecule has 2 N–H and O–H groups in total. The molecule has 0 bridgehead atoms. The predicted molar refractivity (Wildman–Crippen MR) is 65.1 cm³/mol. The second-order valence-electron chi connectivity index (χ2n) is 3.80. The summed E-state index contributed by atoms with van der Waals surface area (Å²) in [6.45, 7) is 2.22. The van der Waals surface area contributed by atoms with E-state index in [9.17, 15) is 0 Å². The summed E-state index contributed by atoms with van der Waals surface area (Å²) in [6.07, 6.45) is 4.26. The first-order chi connectivity index (χ1) is 7.24. The fraction of sp³-hybridized carbons (Fsp3) is 0.600. The highest BCUT2D eigenvalue weighted by molar-refractivity contribution is 9.10. The second kappa shape index (κ2) is 4.35. The molecule has 1 fully saturated rings. The van der Waals surface area contributed by atoms with Gasteiger partial charge in [-0.25, -0.2) is 4.98 Å². The number of hydrogen-bond acceptors (Lipinski definition) is 4. The van der Waals surface area contributed by atoms with Crippen LogP contribution in [-0.4, -0.2) is 23.1 Å². The number of nitrogens with one attached hydrogen (secondary N) is 2. The first-order valence-electron chi connectivity index (χ1n) is 5.21. The fourth-order valence-electron chi connectivity index (χ4n) is 1.64. The molecule has 0 aliphatic heterocycles. The van der Waals surface area contributed by atoms with Crippen LogP contribution >= 0.6 is 15.9 Å². The van der Waals surface area contributed by atoms with Crippen LogP contribution in [-0.2, 0) is 0 Å². The quantitative estimate of drug-likeness (QED) is 0.883. The summed E-state index contributed by atoms with van der Waals surface area (Å²) in [5.41, 5.74) is 0. The van der Waals surface area contributed by atoms with Crippen LogP contribution in [0.25, 0.3) is 0 Å². The highest BCUT2D eigenvalue weighted by Crippen LogP contribution is 2.37. The maximum absolute atomic E-state index is 4.36. The first-order valence-corrected chi connectivity index (χ1v) is 6.00. The van der Waals surface area contributed by atoms with Gasteiger partial charge in [0.1, 0.15) is 5.82 Å². The average Bonchev–Trinajstić information content (AvgIpc) is 3.00. The monoisotopic (exact) mass is 270 g/mol. The maximum atomic E-state index is 4.36. The zero-order valence-electron chi connectivity index (χ0n) is 8.92. The Balaban J connectivity index is 2.07. The van der Waals surface area contributed by atoms with Crippen molar-refractivity contribution in [3.05, 3.63) is 10.7 Å². The van der Waals surface area contributed by atoms with Gasteiger partial charge in [0.15, 0.2) is 0 Å². The van der Waals surface area contributed by atoms with E-state index in [1.54, 1.807) is 6.20 Å². The Labute approximate surface area is 98.0 Å². The van der Waals surface area contributed by atoms with Gasteiger partial charge in [0.2, 0.25) is 5.95 Å². The highest BCUT2D eigenvalue weighted by atomic mass is 79.9. The van der Waals surface area contributed by atoms with Crippen LogP contribution in [0.15, 0.2) is 10.7 Å². The summed E-state index contributed by atoms with van der Waals surface area (Å²) in [5.74, 6) is 2.34. The van der Waals surface area contributed by atoms with Gasteiger partial charge in [-0.3, -0.25) is 0 Å². The molecule has 1 heterocycles. The van der Waals surface area contributed by atoms with Crippen LogP contribution in [0.4, 0.5) is 11.8 Å². The molecule has 1 saturated carbocycles.